The topological polar surface area (TPSA) is 114 Å². The van der Waals surface area contributed by atoms with Crippen molar-refractivity contribution in [2.75, 3.05) is 19.4 Å². The molecule has 33 heavy (non-hydrogen) atoms. The fraction of sp³-hybridized carbons (Fsp3) is 0.913. The Balaban J connectivity index is 2.22. The summed E-state index contributed by atoms with van der Waals surface area (Å²) in [4.78, 5) is 32.4. The lowest BCUT2D eigenvalue weighted by molar-refractivity contribution is -0.203. The van der Waals surface area contributed by atoms with E-state index in [1.165, 1.54) is 0 Å². The predicted octanol–water partition coefficient (Wildman–Crippen LogP) is 2.98. The van der Waals surface area contributed by atoms with Crippen molar-refractivity contribution in [2.24, 2.45) is 29.6 Å². The first-order chi connectivity index (χ1) is 15.5. The zero-order valence-corrected chi connectivity index (χ0v) is 21.7. The van der Waals surface area contributed by atoms with E-state index in [0.29, 0.717) is 19.4 Å². The van der Waals surface area contributed by atoms with Gasteiger partial charge in [0.1, 0.15) is 0 Å². The number of amides is 2. The van der Waals surface area contributed by atoms with E-state index in [1.807, 2.05) is 27.7 Å². The highest BCUT2D eigenvalue weighted by Crippen LogP contribution is 2.38. The number of sulfonamides is 1. The fourth-order valence-electron chi connectivity index (χ4n) is 4.76. The van der Waals surface area contributed by atoms with Crippen LogP contribution in [0.3, 0.4) is 0 Å². The van der Waals surface area contributed by atoms with Crippen molar-refractivity contribution in [1.29, 1.82) is 0 Å². The maximum Gasteiger partial charge on any atom is 0.247 e. The Bertz CT molecular complexity index is 730. The Kier molecular flexibility index (Phi) is 11.0. The number of hydrogen-bond donors (Lipinski definition) is 2. The molecule has 10 heteroatoms. The van der Waals surface area contributed by atoms with Gasteiger partial charge >= 0.3 is 0 Å². The van der Waals surface area contributed by atoms with Crippen LogP contribution in [0.4, 0.5) is 0 Å². The molecule has 1 heterocycles. The van der Waals surface area contributed by atoms with Crippen LogP contribution >= 0.6 is 0 Å². The monoisotopic (exact) mass is 489 g/mol. The third-order valence-corrected chi connectivity index (χ3v) is 7.34. The maximum atomic E-state index is 13.5. The van der Waals surface area contributed by atoms with Crippen LogP contribution < -0.4 is 10.9 Å². The molecule has 1 aliphatic carbocycles. The van der Waals surface area contributed by atoms with E-state index < -0.39 is 34.1 Å². The number of ether oxygens (including phenoxy) is 1. The summed E-state index contributed by atoms with van der Waals surface area (Å²) in [5.41, 5.74) is 5.20. The highest BCUT2D eigenvalue weighted by molar-refractivity contribution is 7.88. The van der Waals surface area contributed by atoms with Gasteiger partial charge in [0.2, 0.25) is 21.8 Å². The van der Waals surface area contributed by atoms with Gasteiger partial charge in [0.05, 0.1) is 18.1 Å². The Hall–Kier alpha value is -1.23. The highest BCUT2D eigenvalue weighted by Gasteiger charge is 2.42. The zero-order chi connectivity index (χ0) is 24.6. The molecule has 2 amide bonds. The van der Waals surface area contributed by atoms with Crippen molar-refractivity contribution in [3.63, 3.8) is 0 Å². The molecule has 0 radical (unpaired) electrons. The molecular weight excluding hydrogens is 446 g/mol. The summed E-state index contributed by atoms with van der Waals surface area (Å²) in [6, 6.07) is 0. The maximum absolute atomic E-state index is 13.5. The lowest BCUT2D eigenvalue weighted by Gasteiger charge is -2.33. The fourth-order valence-corrected chi connectivity index (χ4v) is 5.59. The molecule has 1 aliphatic heterocycles. The van der Waals surface area contributed by atoms with Gasteiger partial charge in [-0.3, -0.25) is 15.0 Å². The number of hydrogen-bond acceptors (Lipinski definition) is 6. The van der Waals surface area contributed by atoms with Crippen molar-refractivity contribution < 1.29 is 27.6 Å². The first-order valence-electron chi connectivity index (χ1n) is 12.3. The van der Waals surface area contributed by atoms with E-state index in [-0.39, 0.29) is 30.2 Å². The first-order valence-corrected chi connectivity index (χ1v) is 14.2. The second-order valence-electron chi connectivity index (χ2n) is 10.4. The lowest BCUT2D eigenvalue weighted by atomic mass is 9.76. The van der Waals surface area contributed by atoms with Gasteiger partial charge in [0, 0.05) is 19.6 Å². The minimum atomic E-state index is -3.65. The Morgan fingerprint density at radius 1 is 1.00 bits per heavy atom. The summed E-state index contributed by atoms with van der Waals surface area (Å²) in [7, 11) is -3.65. The average molecular weight is 490 g/mol. The van der Waals surface area contributed by atoms with E-state index in [2.05, 4.69) is 10.9 Å². The number of nitrogens with zero attached hydrogens (tertiary/aromatic N) is 1. The van der Waals surface area contributed by atoms with Crippen molar-refractivity contribution in [3.05, 3.63) is 0 Å². The molecule has 0 aromatic carbocycles. The van der Waals surface area contributed by atoms with E-state index in [9.17, 15) is 18.0 Å². The van der Waals surface area contributed by atoms with Crippen LogP contribution in [0.5, 0.6) is 0 Å². The quantitative estimate of drug-likeness (QED) is 0.408. The summed E-state index contributed by atoms with van der Waals surface area (Å²) in [6.45, 7) is 8.53. The largest absolute Gasteiger partial charge is 0.350 e. The summed E-state index contributed by atoms with van der Waals surface area (Å²) in [5, 5.41) is 0. The van der Waals surface area contributed by atoms with Crippen LogP contribution in [0.25, 0.3) is 0 Å². The summed E-state index contributed by atoms with van der Waals surface area (Å²) in [6.07, 6.45) is 7.48. The standard InChI is InChI=1S/C23H43N3O6S/c1-16(2)14-19(22(27)24-26(15-17(3)4)33(5,29)30)21(18-10-6-7-11-18)23(28)25-32-20-12-8-9-13-31-20/h16-21H,6-15H2,1-5H3,(H,24,27)(H,25,28)/t19-,20-,21+/m1/s1. The minimum Gasteiger partial charge on any atom is -0.350 e. The number of carbonyl (C=O) groups excluding carboxylic acids is 2. The molecule has 0 aromatic heterocycles. The molecule has 1 saturated carbocycles. The third-order valence-electron chi connectivity index (χ3n) is 6.30. The van der Waals surface area contributed by atoms with Crippen LogP contribution in [-0.2, 0) is 29.2 Å². The van der Waals surface area contributed by atoms with Gasteiger partial charge in [-0.25, -0.2) is 18.7 Å². The van der Waals surface area contributed by atoms with Crippen LogP contribution in [0.15, 0.2) is 0 Å². The van der Waals surface area contributed by atoms with Crippen LogP contribution in [0.2, 0.25) is 0 Å². The summed E-state index contributed by atoms with van der Waals surface area (Å²) < 4.78 is 31.1. The first kappa shape index (κ1) is 28.0. The zero-order valence-electron chi connectivity index (χ0n) is 20.8. The van der Waals surface area contributed by atoms with Crippen LogP contribution in [-0.4, -0.2) is 50.3 Å². The molecule has 2 fully saturated rings. The Morgan fingerprint density at radius 2 is 1.64 bits per heavy atom. The second kappa shape index (κ2) is 13.0. The molecule has 0 aromatic rings. The molecule has 2 rings (SSSR count). The van der Waals surface area contributed by atoms with Crippen LogP contribution in [0, 0.1) is 29.6 Å². The van der Waals surface area contributed by atoms with Crippen molar-refractivity contribution in [3.8, 4) is 0 Å². The summed E-state index contributed by atoms with van der Waals surface area (Å²) in [5.74, 6) is -1.80. The van der Waals surface area contributed by atoms with Crippen LogP contribution in [0.1, 0.15) is 79.1 Å². The molecule has 3 atom stereocenters. The molecule has 0 bridgehead atoms. The van der Waals surface area contributed by atoms with Gasteiger partial charge in [0.25, 0.3) is 0 Å². The van der Waals surface area contributed by atoms with Gasteiger partial charge in [-0.05, 0) is 49.9 Å². The van der Waals surface area contributed by atoms with Crippen molar-refractivity contribution in [2.45, 2.75) is 85.4 Å². The van der Waals surface area contributed by atoms with Gasteiger partial charge in [0.15, 0.2) is 6.29 Å². The minimum absolute atomic E-state index is 0.0291. The third kappa shape index (κ3) is 9.15. The van der Waals surface area contributed by atoms with E-state index >= 15 is 0 Å². The van der Waals surface area contributed by atoms with Gasteiger partial charge < -0.3 is 4.74 Å². The number of carbonyl (C=O) groups is 2. The Labute approximate surface area is 199 Å². The van der Waals surface area contributed by atoms with Crippen molar-refractivity contribution in [1.82, 2.24) is 15.3 Å². The second-order valence-corrected chi connectivity index (χ2v) is 12.3. The lowest BCUT2D eigenvalue weighted by Crippen LogP contribution is -2.53. The van der Waals surface area contributed by atoms with Gasteiger partial charge in [-0.2, -0.15) is 0 Å². The van der Waals surface area contributed by atoms with E-state index in [0.717, 1.165) is 49.2 Å². The molecule has 2 N–H and O–H groups in total. The number of hydrazine groups is 1. The number of hydroxylamine groups is 1. The smallest absolute Gasteiger partial charge is 0.247 e. The molecule has 1 saturated heterocycles. The summed E-state index contributed by atoms with van der Waals surface area (Å²) >= 11 is 0. The molecule has 9 nitrogen and oxygen atoms in total. The van der Waals surface area contributed by atoms with Gasteiger partial charge in [-0.1, -0.05) is 40.5 Å². The average Bonchev–Trinajstić information content (AvgIpc) is 3.25. The molecule has 2 aliphatic rings. The Morgan fingerprint density at radius 3 is 2.15 bits per heavy atom. The molecule has 0 spiro atoms. The van der Waals surface area contributed by atoms with E-state index in [1.54, 1.807) is 0 Å². The highest BCUT2D eigenvalue weighted by atomic mass is 32.2. The molecule has 192 valence electrons. The molecule has 0 unspecified atom stereocenters. The van der Waals surface area contributed by atoms with E-state index in [4.69, 9.17) is 9.57 Å². The number of rotatable bonds is 12. The van der Waals surface area contributed by atoms with Gasteiger partial charge in [-0.15, -0.1) is 4.41 Å². The molecular formula is C23H43N3O6S. The van der Waals surface area contributed by atoms with Crippen molar-refractivity contribution >= 4 is 21.8 Å². The normalized spacial score (nSPS) is 22.0. The predicted molar refractivity (Wildman–Crippen MR) is 126 cm³/mol. The SMILES string of the molecule is CC(C)C[C@@H](C(=O)NN(CC(C)C)S(C)(=O)=O)[C@@H](C(=O)NO[C@@H]1CCCCO1)C1CCCC1. The number of nitrogens with one attached hydrogen (secondary N) is 2.